The summed E-state index contributed by atoms with van der Waals surface area (Å²) in [6, 6.07) is 9.90. The molecule has 1 N–H and O–H groups in total. The molecule has 2 heterocycles. The number of ether oxygens (including phenoxy) is 3. The number of fused-ring (bicyclic) bond motifs is 1. The van der Waals surface area contributed by atoms with E-state index in [4.69, 9.17) is 14.2 Å². The molecule has 0 saturated heterocycles. The van der Waals surface area contributed by atoms with Crippen molar-refractivity contribution >= 4 is 23.3 Å². The summed E-state index contributed by atoms with van der Waals surface area (Å²) in [4.78, 5) is 32.1. The third-order valence-corrected chi connectivity index (χ3v) is 7.25. The molecule has 1 aliphatic heterocycles. The number of halogens is 3. The maximum Gasteiger partial charge on any atom is 0.416 e. The summed E-state index contributed by atoms with van der Waals surface area (Å²) < 4.78 is 56.5. The fraction of sp³-hybridized carbons (Fsp3) is 0.370. The van der Waals surface area contributed by atoms with Gasteiger partial charge in [0, 0.05) is 19.6 Å². The quantitative estimate of drug-likeness (QED) is 0.388. The average molecular weight is 562 g/mol. The van der Waals surface area contributed by atoms with Gasteiger partial charge in [-0.1, -0.05) is 18.2 Å². The number of aryl methyl sites for hydroxylation is 1. The Morgan fingerprint density at radius 3 is 2.69 bits per heavy atom. The van der Waals surface area contributed by atoms with E-state index in [-0.39, 0.29) is 30.4 Å². The fourth-order valence-electron chi connectivity index (χ4n) is 4.16. The van der Waals surface area contributed by atoms with Crippen molar-refractivity contribution in [2.45, 2.75) is 25.9 Å². The van der Waals surface area contributed by atoms with Crippen LogP contribution in [0.3, 0.4) is 0 Å². The molecule has 1 aliphatic carbocycles. The third kappa shape index (κ3) is 6.44. The third-order valence-electron chi connectivity index (χ3n) is 6.25. The second-order valence-electron chi connectivity index (χ2n) is 9.29. The molecule has 5 rings (SSSR count). The molecule has 2 amide bonds. The van der Waals surface area contributed by atoms with Crippen LogP contribution in [0, 0.1) is 12.8 Å². The highest BCUT2D eigenvalue weighted by molar-refractivity contribution is 7.15. The number of carbonyl (C=O) groups excluding carboxylic acids is 2. The van der Waals surface area contributed by atoms with Crippen molar-refractivity contribution < 1.29 is 37.0 Å². The molecule has 12 heteroatoms. The number of para-hydroxylation sites is 1. The van der Waals surface area contributed by atoms with Gasteiger partial charge in [0.05, 0.1) is 21.0 Å². The molecule has 0 radical (unpaired) electrons. The highest BCUT2D eigenvalue weighted by Gasteiger charge is 2.32. The van der Waals surface area contributed by atoms with Crippen molar-refractivity contribution in [1.29, 1.82) is 0 Å². The van der Waals surface area contributed by atoms with Crippen molar-refractivity contribution in [3.05, 3.63) is 58.6 Å². The normalized spacial score (nSPS) is 14.6. The summed E-state index contributed by atoms with van der Waals surface area (Å²) in [6.07, 6.45) is -3.22. The monoisotopic (exact) mass is 561 g/mol. The Bertz CT molecular complexity index is 1370. The summed E-state index contributed by atoms with van der Waals surface area (Å²) in [5.41, 5.74) is -0.199. The standard InChI is InChI=1S/C27H26F3N3O5S/c1-16-32-25(23(39-16)18-4-2-5-19(14-18)27(28,29)30)38-26(35)33(15-17-8-9-17)11-10-31-24(34)20-6-3-7-21-22(20)37-13-12-36-21/h2-7,14,17H,8-13,15H2,1H3,(H,31,34). The highest BCUT2D eigenvalue weighted by atomic mass is 32.1. The molecular weight excluding hydrogens is 535 g/mol. The lowest BCUT2D eigenvalue weighted by Gasteiger charge is -2.23. The second-order valence-corrected chi connectivity index (χ2v) is 10.5. The first-order valence-electron chi connectivity index (χ1n) is 12.5. The molecule has 8 nitrogen and oxygen atoms in total. The summed E-state index contributed by atoms with van der Waals surface area (Å²) in [5.74, 6) is 0.818. The van der Waals surface area contributed by atoms with Crippen LogP contribution in [-0.2, 0) is 6.18 Å². The number of nitrogens with zero attached hydrogens (tertiary/aromatic N) is 2. The zero-order valence-corrected chi connectivity index (χ0v) is 21.9. The number of nitrogens with one attached hydrogen (secondary N) is 1. The van der Waals surface area contributed by atoms with Gasteiger partial charge in [-0.3, -0.25) is 4.79 Å². The van der Waals surface area contributed by atoms with Crippen LogP contribution >= 0.6 is 11.3 Å². The van der Waals surface area contributed by atoms with E-state index in [0.717, 1.165) is 36.3 Å². The van der Waals surface area contributed by atoms with Crippen LogP contribution in [-0.4, -0.2) is 54.7 Å². The molecule has 1 saturated carbocycles. The van der Waals surface area contributed by atoms with E-state index >= 15 is 0 Å². The van der Waals surface area contributed by atoms with E-state index < -0.39 is 17.8 Å². The van der Waals surface area contributed by atoms with Gasteiger partial charge in [0.2, 0.25) is 5.88 Å². The second kappa shape index (κ2) is 11.1. The maximum absolute atomic E-state index is 13.3. The van der Waals surface area contributed by atoms with Crippen molar-refractivity contribution in [2.75, 3.05) is 32.8 Å². The molecule has 1 aromatic heterocycles. The zero-order chi connectivity index (χ0) is 27.6. The summed E-state index contributed by atoms with van der Waals surface area (Å²) in [5, 5.41) is 3.35. The number of hydrogen-bond acceptors (Lipinski definition) is 7. The lowest BCUT2D eigenvalue weighted by molar-refractivity contribution is -0.137. The number of amides is 2. The molecule has 0 bridgehead atoms. The van der Waals surface area contributed by atoms with Gasteiger partial charge in [-0.25, -0.2) is 9.78 Å². The smallest absolute Gasteiger partial charge is 0.416 e. The minimum absolute atomic E-state index is 0.0419. The van der Waals surface area contributed by atoms with E-state index in [1.165, 1.54) is 17.0 Å². The van der Waals surface area contributed by atoms with Gasteiger partial charge in [0.25, 0.3) is 5.91 Å². The van der Waals surface area contributed by atoms with Crippen LogP contribution in [0.2, 0.25) is 0 Å². The van der Waals surface area contributed by atoms with Crippen molar-refractivity contribution in [2.24, 2.45) is 5.92 Å². The highest BCUT2D eigenvalue weighted by Crippen LogP contribution is 2.39. The molecule has 0 spiro atoms. The number of carbonyl (C=O) groups is 2. The lowest BCUT2D eigenvalue weighted by atomic mass is 10.1. The van der Waals surface area contributed by atoms with E-state index in [2.05, 4.69) is 10.3 Å². The summed E-state index contributed by atoms with van der Waals surface area (Å²) >= 11 is 1.14. The van der Waals surface area contributed by atoms with E-state index in [1.54, 1.807) is 25.1 Å². The first-order valence-corrected chi connectivity index (χ1v) is 13.3. The zero-order valence-electron chi connectivity index (χ0n) is 21.0. The van der Waals surface area contributed by atoms with Crippen LogP contribution in [0.25, 0.3) is 10.4 Å². The number of rotatable bonds is 8. The Hall–Kier alpha value is -3.80. The number of alkyl halides is 3. The topological polar surface area (TPSA) is 90.0 Å². The van der Waals surface area contributed by atoms with Gasteiger partial charge >= 0.3 is 12.3 Å². The Kier molecular flexibility index (Phi) is 7.65. The molecular formula is C27H26F3N3O5S. The van der Waals surface area contributed by atoms with Crippen LogP contribution in [0.4, 0.5) is 18.0 Å². The van der Waals surface area contributed by atoms with Crippen LogP contribution in [0.1, 0.15) is 33.8 Å². The molecule has 0 unspecified atom stereocenters. The first-order chi connectivity index (χ1) is 18.7. The molecule has 0 atom stereocenters. The van der Waals surface area contributed by atoms with E-state index in [0.29, 0.717) is 52.6 Å². The lowest BCUT2D eigenvalue weighted by Crippen LogP contribution is -2.41. The van der Waals surface area contributed by atoms with Crippen molar-refractivity contribution in [3.63, 3.8) is 0 Å². The summed E-state index contributed by atoms with van der Waals surface area (Å²) in [7, 11) is 0. The molecule has 2 aliphatic rings. The predicted octanol–water partition coefficient (Wildman–Crippen LogP) is 5.55. The Morgan fingerprint density at radius 2 is 1.92 bits per heavy atom. The van der Waals surface area contributed by atoms with Crippen LogP contribution in [0.5, 0.6) is 17.4 Å². The van der Waals surface area contributed by atoms with Crippen LogP contribution in [0.15, 0.2) is 42.5 Å². The van der Waals surface area contributed by atoms with Gasteiger partial charge in [-0.2, -0.15) is 13.2 Å². The van der Waals surface area contributed by atoms with Gasteiger partial charge < -0.3 is 24.4 Å². The van der Waals surface area contributed by atoms with Crippen molar-refractivity contribution in [1.82, 2.24) is 15.2 Å². The molecule has 39 heavy (non-hydrogen) atoms. The van der Waals surface area contributed by atoms with Gasteiger partial charge in [-0.15, -0.1) is 11.3 Å². The number of benzene rings is 2. The molecule has 3 aromatic rings. The molecule has 1 fully saturated rings. The Labute approximate surface area is 226 Å². The largest absolute Gasteiger partial charge is 0.486 e. The van der Waals surface area contributed by atoms with E-state index in [9.17, 15) is 22.8 Å². The van der Waals surface area contributed by atoms with Crippen molar-refractivity contribution in [3.8, 4) is 27.8 Å². The number of hydrogen-bond donors (Lipinski definition) is 1. The number of thiazole rings is 1. The first kappa shape index (κ1) is 26.8. The average Bonchev–Trinajstić information content (AvgIpc) is 3.66. The summed E-state index contributed by atoms with van der Waals surface area (Å²) in [6.45, 7) is 3.21. The maximum atomic E-state index is 13.3. The van der Waals surface area contributed by atoms with Crippen LogP contribution < -0.4 is 19.5 Å². The Balaban J connectivity index is 1.26. The molecule has 206 valence electrons. The van der Waals surface area contributed by atoms with Gasteiger partial charge in [0.15, 0.2) is 11.5 Å². The fourth-order valence-corrected chi connectivity index (χ4v) is 5.01. The predicted molar refractivity (Wildman–Crippen MR) is 137 cm³/mol. The van der Waals surface area contributed by atoms with Gasteiger partial charge in [0.1, 0.15) is 13.2 Å². The van der Waals surface area contributed by atoms with E-state index in [1.807, 2.05) is 0 Å². The Morgan fingerprint density at radius 1 is 1.15 bits per heavy atom. The minimum atomic E-state index is -4.50. The van der Waals surface area contributed by atoms with Gasteiger partial charge in [-0.05, 0) is 55.5 Å². The molecule has 2 aromatic carbocycles. The SMILES string of the molecule is Cc1nc(OC(=O)N(CCNC(=O)c2cccc3c2OCCO3)CC2CC2)c(-c2cccc(C(F)(F)F)c2)s1. The minimum Gasteiger partial charge on any atom is -0.486 e. The number of aromatic nitrogens is 1.